The number of aromatic nitrogens is 1. The van der Waals surface area contributed by atoms with Gasteiger partial charge in [-0.1, -0.05) is 34.1 Å². The molecule has 8 atom stereocenters. The van der Waals surface area contributed by atoms with Crippen molar-refractivity contribution in [2.75, 3.05) is 13.2 Å². The van der Waals surface area contributed by atoms with Crippen LogP contribution < -0.4 is 0 Å². The summed E-state index contributed by atoms with van der Waals surface area (Å²) in [5.74, 6) is -1.57. The molecule has 1 aromatic rings. The van der Waals surface area contributed by atoms with Crippen LogP contribution in [0.2, 0.25) is 0 Å². The van der Waals surface area contributed by atoms with Gasteiger partial charge in [0.25, 0.3) is 0 Å². The van der Waals surface area contributed by atoms with Crippen molar-refractivity contribution >= 4 is 29.2 Å². The predicted molar refractivity (Wildman–Crippen MR) is 144 cm³/mol. The molecule has 3 heterocycles. The number of carbonyl (C=O) groups excluding carboxylic acids is 2. The van der Waals surface area contributed by atoms with E-state index in [4.69, 9.17) is 4.74 Å². The molecule has 2 aliphatic heterocycles. The maximum Gasteiger partial charge on any atom is 0.309 e. The quantitative estimate of drug-likeness (QED) is 0.396. The number of rotatable bonds is 4. The van der Waals surface area contributed by atoms with Crippen LogP contribution in [-0.2, 0) is 14.3 Å². The summed E-state index contributed by atoms with van der Waals surface area (Å²) in [7, 11) is 0. The van der Waals surface area contributed by atoms with E-state index in [1.165, 1.54) is 0 Å². The Balaban J connectivity index is 1.88. The Morgan fingerprint density at radius 2 is 1.95 bits per heavy atom. The van der Waals surface area contributed by atoms with E-state index in [1.807, 2.05) is 32.2 Å². The molecule has 37 heavy (non-hydrogen) atoms. The molecule has 9 heteroatoms. The molecule has 2 fully saturated rings. The predicted octanol–water partition coefficient (Wildman–Crippen LogP) is 3.37. The molecule has 0 saturated carbocycles. The van der Waals surface area contributed by atoms with Crippen molar-refractivity contribution in [2.24, 2.45) is 17.3 Å². The van der Waals surface area contributed by atoms with E-state index >= 15 is 0 Å². The molecule has 0 aliphatic carbocycles. The molecule has 1 aromatic heterocycles. The van der Waals surface area contributed by atoms with Crippen molar-refractivity contribution in [3.05, 3.63) is 21.7 Å². The fraction of sp³-hybridized carbons (Fsp3) is 0.750. The first-order valence-electron chi connectivity index (χ1n) is 13.4. The molecular weight excluding hydrogens is 492 g/mol. The van der Waals surface area contributed by atoms with E-state index in [-0.39, 0.29) is 36.8 Å². The van der Waals surface area contributed by atoms with Gasteiger partial charge in [0, 0.05) is 36.3 Å². The first-order chi connectivity index (χ1) is 17.4. The third-order valence-electron chi connectivity index (χ3n) is 8.31. The van der Waals surface area contributed by atoms with Gasteiger partial charge in [-0.25, -0.2) is 4.98 Å². The van der Waals surface area contributed by atoms with Crippen LogP contribution in [0.25, 0.3) is 6.08 Å². The molecule has 2 saturated heterocycles. The van der Waals surface area contributed by atoms with Crippen LogP contribution >= 0.6 is 11.3 Å². The van der Waals surface area contributed by atoms with Gasteiger partial charge in [-0.15, -0.1) is 11.3 Å². The molecule has 6 unspecified atom stereocenters. The fourth-order valence-corrected chi connectivity index (χ4v) is 6.22. The zero-order chi connectivity index (χ0) is 27.5. The average molecular weight is 537 g/mol. The van der Waals surface area contributed by atoms with Gasteiger partial charge in [0.15, 0.2) is 0 Å². The molecule has 0 aromatic carbocycles. The van der Waals surface area contributed by atoms with E-state index in [9.17, 15) is 24.9 Å². The summed E-state index contributed by atoms with van der Waals surface area (Å²) in [5.41, 5.74) is 0.467. The van der Waals surface area contributed by atoms with Crippen LogP contribution in [0.15, 0.2) is 11.0 Å². The van der Waals surface area contributed by atoms with Gasteiger partial charge in [0.1, 0.15) is 11.9 Å². The Labute approximate surface area is 224 Å². The van der Waals surface area contributed by atoms with Gasteiger partial charge in [0.05, 0.1) is 41.4 Å². The summed E-state index contributed by atoms with van der Waals surface area (Å²) < 4.78 is 5.94. The van der Waals surface area contributed by atoms with E-state index in [1.54, 1.807) is 32.1 Å². The topological polar surface area (TPSA) is 120 Å². The number of carbonyl (C=O) groups is 2. The highest BCUT2D eigenvalue weighted by molar-refractivity contribution is 7.09. The SMILES string of the molecule is C/C(=C\c1csc(C)n1)C1CC2[C@@H](CCCC(C)[C@H](O)C(C)C(=O)C(C)(C)C(O)CC(=O)O1)N2CCO. The van der Waals surface area contributed by atoms with Crippen LogP contribution in [0.4, 0.5) is 0 Å². The number of ketones is 1. The van der Waals surface area contributed by atoms with E-state index in [2.05, 4.69) is 9.88 Å². The number of cyclic esters (lactones) is 1. The maximum atomic E-state index is 13.3. The van der Waals surface area contributed by atoms with E-state index in [0.29, 0.717) is 13.0 Å². The third kappa shape index (κ3) is 7.26. The zero-order valence-electron chi connectivity index (χ0n) is 23.0. The molecule has 8 nitrogen and oxygen atoms in total. The Hall–Kier alpha value is -1.65. The molecule has 0 bridgehead atoms. The second kappa shape index (κ2) is 12.5. The number of fused-ring (bicyclic) bond motifs is 1. The molecule has 0 spiro atoms. The smallest absolute Gasteiger partial charge is 0.309 e. The number of aliphatic hydroxyl groups excluding tert-OH is 3. The summed E-state index contributed by atoms with van der Waals surface area (Å²) in [6, 6.07) is 0.434. The van der Waals surface area contributed by atoms with Gasteiger partial charge in [0.2, 0.25) is 0 Å². The average Bonchev–Trinajstić information content (AvgIpc) is 3.29. The second-order valence-corrected chi connectivity index (χ2v) is 12.5. The standard InChI is InChI=1S/C28H44N2O6S/c1-16-8-7-9-21-22(30(21)10-11-31)13-23(17(2)12-20-15-37-19(4)29-20)36-25(33)14-24(32)28(5,6)27(35)18(3)26(16)34/h12,15-16,18,21-24,26,31-32,34H,7-11,13-14H2,1-6H3/b17-12+/t16?,18?,21-,22?,23?,24?,26+,30?/m1/s1. The Kier molecular flexibility index (Phi) is 10.1. The molecule has 2 aliphatic rings. The lowest BCUT2D eigenvalue weighted by Crippen LogP contribution is -2.45. The van der Waals surface area contributed by atoms with Crippen LogP contribution in [-0.4, -0.2) is 80.5 Å². The summed E-state index contributed by atoms with van der Waals surface area (Å²) in [5, 5.41) is 34.3. The van der Waals surface area contributed by atoms with Crippen LogP contribution in [0.3, 0.4) is 0 Å². The number of Topliss-reactive ketones (excluding diaryl/α,β-unsaturated/α-hetero) is 1. The van der Waals surface area contributed by atoms with E-state index in [0.717, 1.165) is 35.5 Å². The van der Waals surface area contributed by atoms with Gasteiger partial charge in [-0.3, -0.25) is 14.5 Å². The number of ether oxygens (including phenoxy) is 1. The van der Waals surface area contributed by atoms with Crippen molar-refractivity contribution in [3.63, 3.8) is 0 Å². The summed E-state index contributed by atoms with van der Waals surface area (Å²) in [6.07, 6.45) is 2.19. The number of hydrogen-bond acceptors (Lipinski definition) is 9. The van der Waals surface area contributed by atoms with Crippen molar-refractivity contribution in [1.29, 1.82) is 0 Å². The molecule has 3 N–H and O–H groups in total. The Bertz CT molecular complexity index is 976. The Morgan fingerprint density at radius 3 is 2.57 bits per heavy atom. The second-order valence-electron chi connectivity index (χ2n) is 11.5. The number of nitrogens with zero attached hydrogens (tertiary/aromatic N) is 2. The van der Waals surface area contributed by atoms with Gasteiger partial charge in [-0.2, -0.15) is 0 Å². The lowest BCUT2D eigenvalue weighted by atomic mass is 9.73. The van der Waals surface area contributed by atoms with Crippen LogP contribution in [0, 0.1) is 24.2 Å². The lowest BCUT2D eigenvalue weighted by molar-refractivity contribution is -0.154. The minimum Gasteiger partial charge on any atom is -0.458 e. The number of hydrogen-bond donors (Lipinski definition) is 3. The zero-order valence-corrected chi connectivity index (χ0v) is 23.8. The monoisotopic (exact) mass is 536 g/mol. The molecule has 0 radical (unpaired) electrons. The highest BCUT2D eigenvalue weighted by atomic mass is 32.1. The normalized spacial score (nSPS) is 36.1. The molecule has 3 rings (SSSR count). The largest absolute Gasteiger partial charge is 0.458 e. The van der Waals surface area contributed by atoms with Gasteiger partial charge < -0.3 is 20.1 Å². The number of aryl methyl sites for hydroxylation is 1. The fourth-order valence-electron chi connectivity index (χ4n) is 5.65. The summed E-state index contributed by atoms with van der Waals surface area (Å²) in [4.78, 5) is 33.1. The molecule has 0 amide bonds. The van der Waals surface area contributed by atoms with Gasteiger partial charge in [-0.05, 0) is 44.3 Å². The van der Waals surface area contributed by atoms with E-state index < -0.39 is 35.6 Å². The van der Waals surface area contributed by atoms with Crippen molar-refractivity contribution in [2.45, 2.75) is 104 Å². The first-order valence-corrected chi connectivity index (χ1v) is 14.3. The van der Waals surface area contributed by atoms with Crippen LogP contribution in [0.5, 0.6) is 0 Å². The summed E-state index contributed by atoms with van der Waals surface area (Å²) in [6.45, 7) is 11.4. The van der Waals surface area contributed by atoms with Crippen molar-refractivity contribution in [1.82, 2.24) is 9.88 Å². The Morgan fingerprint density at radius 1 is 1.24 bits per heavy atom. The lowest BCUT2D eigenvalue weighted by Gasteiger charge is -2.34. The van der Waals surface area contributed by atoms with Crippen molar-refractivity contribution < 1.29 is 29.6 Å². The minimum absolute atomic E-state index is 0.0559. The third-order valence-corrected chi connectivity index (χ3v) is 9.10. The molecule has 208 valence electrons. The number of β-amino-alcohol motifs (C(OH)–C–C–N with tert-alkyl or cyclic N) is 1. The highest BCUT2D eigenvalue weighted by Crippen LogP contribution is 2.39. The number of esters is 1. The number of aliphatic hydroxyl groups is 3. The van der Waals surface area contributed by atoms with Crippen molar-refractivity contribution in [3.8, 4) is 0 Å². The highest BCUT2D eigenvalue weighted by Gasteiger charge is 2.48. The van der Waals surface area contributed by atoms with Gasteiger partial charge >= 0.3 is 5.97 Å². The minimum atomic E-state index is -1.24. The number of thiazole rings is 1. The summed E-state index contributed by atoms with van der Waals surface area (Å²) >= 11 is 1.55. The van der Waals surface area contributed by atoms with Crippen LogP contribution in [0.1, 0.15) is 77.4 Å². The maximum absolute atomic E-state index is 13.3. The molecular formula is C28H44N2O6S. The first kappa shape index (κ1) is 29.9.